The van der Waals surface area contributed by atoms with Gasteiger partial charge in [0.05, 0.1) is 14.2 Å². The van der Waals surface area contributed by atoms with Gasteiger partial charge in [-0.15, -0.1) is 0 Å². The number of ketones is 1. The first-order chi connectivity index (χ1) is 9.15. The molecule has 0 spiro atoms. The first-order valence-electron chi connectivity index (χ1n) is 5.68. The van der Waals surface area contributed by atoms with Crippen LogP contribution in [0, 0.1) is 3.57 Å². The topological polar surface area (TPSA) is 35.5 Å². The summed E-state index contributed by atoms with van der Waals surface area (Å²) in [6, 6.07) is 12.6. The number of halogens is 1. The molecule has 0 saturated heterocycles. The van der Waals surface area contributed by atoms with E-state index in [0.29, 0.717) is 22.6 Å². The van der Waals surface area contributed by atoms with Gasteiger partial charge in [0.25, 0.3) is 0 Å². The highest BCUT2D eigenvalue weighted by molar-refractivity contribution is 14.1. The van der Waals surface area contributed by atoms with E-state index in [1.165, 1.54) is 0 Å². The van der Waals surface area contributed by atoms with Crippen LogP contribution >= 0.6 is 22.6 Å². The Morgan fingerprint density at radius 2 is 1.47 bits per heavy atom. The molecule has 2 aromatic rings. The number of hydrogen-bond donors (Lipinski definition) is 0. The Balaban J connectivity index is 2.36. The van der Waals surface area contributed by atoms with Gasteiger partial charge in [0.1, 0.15) is 0 Å². The number of benzene rings is 2. The summed E-state index contributed by atoms with van der Waals surface area (Å²) in [6.45, 7) is 0. The van der Waals surface area contributed by atoms with Gasteiger partial charge in [-0.2, -0.15) is 0 Å². The van der Waals surface area contributed by atoms with Crippen molar-refractivity contribution in [3.05, 3.63) is 57.2 Å². The number of carbonyl (C=O) groups is 1. The van der Waals surface area contributed by atoms with Crippen molar-refractivity contribution < 1.29 is 14.3 Å². The standard InChI is InChI=1S/C15H13IO3/c1-18-13-8-5-11(9-14(13)19-2)15(17)10-3-6-12(16)7-4-10/h3-9H,1-2H3. The molecule has 3 nitrogen and oxygen atoms in total. The van der Waals surface area contributed by atoms with Gasteiger partial charge in [0.2, 0.25) is 0 Å². The molecule has 0 aliphatic carbocycles. The smallest absolute Gasteiger partial charge is 0.193 e. The molecule has 0 aliphatic rings. The van der Waals surface area contributed by atoms with Crippen LogP contribution in [0.4, 0.5) is 0 Å². The number of methoxy groups -OCH3 is 2. The van der Waals surface area contributed by atoms with E-state index in [9.17, 15) is 4.79 Å². The third-order valence-electron chi connectivity index (χ3n) is 2.75. The summed E-state index contributed by atoms with van der Waals surface area (Å²) in [4.78, 5) is 12.3. The molecule has 0 amide bonds. The number of rotatable bonds is 4. The lowest BCUT2D eigenvalue weighted by atomic mass is 10.0. The lowest BCUT2D eigenvalue weighted by molar-refractivity contribution is 0.103. The summed E-state index contributed by atoms with van der Waals surface area (Å²) in [6.07, 6.45) is 0. The minimum Gasteiger partial charge on any atom is -0.493 e. The van der Waals surface area contributed by atoms with Crippen LogP contribution in [-0.2, 0) is 0 Å². The highest BCUT2D eigenvalue weighted by Gasteiger charge is 2.12. The van der Waals surface area contributed by atoms with Crippen molar-refractivity contribution in [2.75, 3.05) is 14.2 Å². The summed E-state index contributed by atoms with van der Waals surface area (Å²) >= 11 is 2.21. The first-order valence-corrected chi connectivity index (χ1v) is 6.76. The predicted molar refractivity (Wildman–Crippen MR) is 82.1 cm³/mol. The number of ether oxygens (including phenoxy) is 2. The average molecular weight is 368 g/mol. The molecular formula is C15H13IO3. The third-order valence-corrected chi connectivity index (χ3v) is 3.47. The lowest BCUT2D eigenvalue weighted by Gasteiger charge is -2.09. The van der Waals surface area contributed by atoms with Crippen LogP contribution in [0.2, 0.25) is 0 Å². The largest absolute Gasteiger partial charge is 0.493 e. The van der Waals surface area contributed by atoms with E-state index in [1.54, 1.807) is 32.4 Å². The molecule has 0 bridgehead atoms. The van der Waals surface area contributed by atoms with Crippen LogP contribution in [0.15, 0.2) is 42.5 Å². The Morgan fingerprint density at radius 3 is 2.05 bits per heavy atom. The second kappa shape index (κ2) is 6.06. The Morgan fingerprint density at radius 1 is 0.895 bits per heavy atom. The monoisotopic (exact) mass is 368 g/mol. The molecule has 0 N–H and O–H groups in total. The summed E-state index contributed by atoms with van der Waals surface area (Å²) in [7, 11) is 3.12. The maximum Gasteiger partial charge on any atom is 0.193 e. The molecule has 0 aromatic heterocycles. The van der Waals surface area contributed by atoms with Crippen molar-refractivity contribution in [2.24, 2.45) is 0 Å². The van der Waals surface area contributed by atoms with Gasteiger partial charge >= 0.3 is 0 Å². The third kappa shape index (κ3) is 3.07. The van der Waals surface area contributed by atoms with E-state index < -0.39 is 0 Å². The molecule has 0 aliphatic heterocycles. The molecule has 0 unspecified atom stereocenters. The van der Waals surface area contributed by atoms with Gasteiger partial charge in [-0.1, -0.05) is 0 Å². The number of hydrogen-bond acceptors (Lipinski definition) is 3. The second-order valence-corrected chi connectivity index (χ2v) is 5.15. The summed E-state index contributed by atoms with van der Waals surface area (Å²) in [5.41, 5.74) is 1.24. The van der Waals surface area contributed by atoms with Gasteiger partial charge in [0.15, 0.2) is 17.3 Å². The second-order valence-electron chi connectivity index (χ2n) is 3.91. The maximum atomic E-state index is 12.3. The molecule has 0 heterocycles. The van der Waals surface area contributed by atoms with Crippen molar-refractivity contribution >= 4 is 28.4 Å². The zero-order valence-electron chi connectivity index (χ0n) is 10.6. The predicted octanol–water partition coefficient (Wildman–Crippen LogP) is 3.54. The van der Waals surface area contributed by atoms with E-state index in [0.717, 1.165) is 3.57 Å². The zero-order chi connectivity index (χ0) is 13.8. The Kier molecular flexibility index (Phi) is 4.42. The van der Waals surface area contributed by atoms with Crippen LogP contribution in [0.1, 0.15) is 15.9 Å². The van der Waals surface area contributed by atoms with Crippen molar-refractivity contribution in [1.82, 2.24) is 0 Å². The zero-order valence-corrected chi connectivity index (χ0v) is 12.8. The summed E-state index contributed by atoms with van der Waals surface area (Å²) in [5, 5.41) is 0. The normalized spacial score (nSPS) is 10.1. The van der Waals surface area contributed by atoms with Crippen molar-refractivity contribution in [1.29, 1.82) is 0 Å². The Bertz CT molecular complexity index is 591. The van der Waals surface area contributed by atoms with Crippen LogP contribution in [-0.4, -0.2) is 20.0 Å². The summed E-state index contributed by atoms with van der Waals surface area (Å²) < 4.78 is 11.5. The molecule has 2 rings (SSSR count). The molecule has 0 radical (unpaired) electrons. The first kappa shape index (κ1) is 13.9. The van der Waals surface area contributed by atoms with E-state index in [4.69, 9.17) is 9.47 Å². The van der Waals surface area contributed by atoms with Gasteiger partial charge in [-0.05, 0) is 65.1 Å². The maximum absolute atomic E-state index is 12.3. The SMILES string of the molecule is COc1ccc(C(=O)c2ccc(I)cc2)cc1OC. The fourth-order valence-corrected chi connectivity index (χ4v) is 2.10. The highest BCUT2D eigenvalue weighted by atomic mass is 127. The van der Waals surface area contributed by atoms with Crippen molar-refractivity contribution in [3.63, 3.8) is 0 Å². The van der Waals surface area contributed by atoms with Crippen LogP contribution in [0.3, 0.4) is 0 Å². The Hall–Kier alpha value is -1.56. The summed E-state index contributed by atoms with van der Waals surface area (Å²) in [5.74, 6) is 1.14. The molecule has 0 atom stereocenters. The van der Waals surface area contributed by atoms with E-state index in [-0.39, 0.29) is 5.78 Å². The van der Waals surface area contributed by atoms with Crippen LogP contribution in [0.25, 0.3) is 0 Å². The van der Waals surface area contributed by atoms with Gasteiger partial charge < -0.3 is 9.47 Å². The molecule has 98 valence electrons. The van der Waals surface area contributed by atoms with Gasteiger partial charge in [0, 0.05) is 14.7 Å². The van der Waals surface area contributed by atoms with Crippen LogP contribution in [0.5, 0.6) is 11.5 Å². The molecular weight excluding hydrogens is 355 g/mol. The Labute approximate surface area is 125 Å². The molecule has 2 aromatic carbocycles. The average Bonchev–Trinajstić information content (AvgIpc) is 2.46. The van der Waals surface area contributed by atoms with Crippen LogP contribution < -0.4 is 9.47 Å². The number of carbonyl (C=O) groups excluding carboxylic acids is 1. The minimum absolute atomic E-state index is 0.0302. The van der Waals surface area contributed by atoms with E-state index >= 15 is 0 Å². The highest BCUT2D eigenvalue weighted by Crippen LogP contribution is 2.28. The van der Waals surface area contributed by atoms with Crippen molar-refractivity contribution in [3.8, 4) is 11.5 Å². The van der Waals surface area contributed by atoms with Gasteiger partial charge in [-0.25, -0.2) is 0 Å². The fraction of sp³-hybridized carbons (Fsp3) is 0.133. The van der Waals surface area contributed by atoms with E-state index in [1.807, 2.05) is 24.3 Å². The fourth-order valence-electron chi connectivity index (χ4n) is 1.75. The minimum atomic E-state index is -0.0302. The molecule has 0 fully saturated rings. The molecule has 4 heteroatoms. The van der Waals surface area contributed by atoms with Gasteiger partial charge in [-0.3, -0.25) is 4.79 Å². The van der Waals surface area contributed by atoms with Crippen molar-refractivity contribution in [2.45, 2.75) is 0 Å². The molecule has 0 saturated carbocycles. The molecule has 19 heavy (non-hydrogen) atoms. The van der Waals surface area contributed by atoms with E-state index in [2.05, 4.69) is 22.6 Å². The lowest BCUT2D eigenvalue weighted by Crippen LogP contribution is -2.02. The quantitative estimate of drug-likeness (QED) is 0.612.